The first-order valence-electron chi connectivity index (χ1n) is 20.1. The Kier molecular flexibility index (Phi) is 8.26. The number of hydrogen-bond acceptors (Lipinski definition) is 0. The number of benzene rings is 11. The predicted octanol–water partition coefficient (Wildman–Crippen LogP) is 16.3. The van der Waals surface area contributed by atoms with E-state index in [1.165, 1.54) is 110 Å². The summed E-state index contributed by atoms with van der Waals surface area (Å²) in [6.07, 6.45) is 0. The molecule has 58 heavy (non-hydrogen) atoms. The van der Waals surface area contributed by atoms with Gasteiger partial charge < -0.3 is 0 Å². The zero-order valence-electron chi connectivity index (χ0n) is 31.9. The number of hydrogen-bond donors (Lipinski definition) is 0. The summed E-state index contributed by atoms with van der Waals surface area (Å²) in [6, 6.07) is 84.5. The molecule has 0 unspecified atom stereocenters. The third-order valence-corrected chi connectivity index (χ3v) is 11.8. The van der Waals surface area contributed by atoms with Gasteiger partial charge in [0, 0.05) is 0 Å². The Morgan fingerprint density at radius 3 is 0.707 bits per heavy atom. The summed E-state index contributed by atoms with van der Waals surface area (Å²) in [5.74, 6) is 0. The Hall–Kier alpha value is -7.54. The van der Waals surface area contributed by atoms with Gasteiger partial charge in [-0.3, -0.25) is 0 Å². The fourth-order valence-corrected chi connectivity index (χ4v) is 9.26. The second-order valence-corrected chi connectivity index (χ2v) is 15.2. The molecule has 0 saturated heterocycles. The Balaban J connectivity index is 1.16. The molecule has 0 amide bonds. The molecule has 0 aliphatic rings. The zero-order valence-corrected chi connectivity index (χ0v) is 31.9. The van der Waals surface area contributed by atoms with Crippen LogP contribution in [0.4, 0.5) is 0 Å². The van der Waals surface area contributed by atoms with Gasteiger partial charge in [0.05, 0.1) is 0 Å². The molecule has 0 nitrogen and oxygen atoms in total. The second kappa shape index (κ2) is 14.2. The van der Waals surface area contributed by atoms with Crippen molar-refractivity contribution in [2.75, 3.05) is 0 Å². The summed E-state index contributed by atoms with van der Waals surface area (Å²) < 4.78 is 0. The molecule has 270 valence electrons. The molecule has 0 heterocycles. The van der Waals surface area contributed by atoms with Gasteiger partial charge in [0.2, 0.25) is 0 Å². The van der Waals surface area contributed by atoms with E-state index in [4.69, 9.17) is 0 Å². The molecule has 0 aromatic heterocycles. The maximum absolute atomic E-state index is 2.36. The van der Waals surface area contributed by atoms with Gasteiger partial charge in [-0.05, 0) is 122 Å². The molecule has 0 bridgehead atoms. The summed E-state index contributed by atoms with van der Waals surface area (Å²) in [5.41, 5.74) is 14.7. The molecule has 0 aliphatic heterocycles. The quantitative estimate of drug-likeness (QED) is 0.149. The molecule has 0 fully saturated rings. The van der Waals surface area contributed by atoms with Crippen molar-refractivity contribution in [3.63, 3.8) is 0 Å². The van der Waals surface area contributed by atoms with Gasteiger partial charge in [-0.25, -0.2) is 0 Å². The molecular weight excluding hydrogens is 697 g/mol. The van der Waals surface area contributed by atoms with Crippen molar-refractivity contribution in [2.45, 2.75) is 0 Å². The van der Waals surface area contributed by atoms with Gasteiger partial charge in [0.25, 0.3) is 0 Å². The molecule has 11 aromatic rings. The highest BCUT2D eigenvalue weighted by molar-refractivity contribution is 6.23. The zero-order chi connectivity index (χ0) is 38.4. The highest BCUT2D eigenvalue weighted by atomic mass is 14.2. The van der Waals surface area contributed by atoms with Crippen molar-refractivity contribution in [3.8, 4) is 66.8 Å². The predicted molar refractivity (Wildman–Crippen MR) is 249 cm³/mol. The van der Waals surface area contributed by atoms with E-state index in [1.807, 2.05) is 0 Å². The molecule has 0 radical (unpaired) electrons. The molecular formula is C58H38. The van der Waals surface area contributed by atoms with Gasteiger partial charge in [-0.2, -0.15) is 0 Å². The van der Waals surface area contributed by atoms with Crippen LogP contribution in [0.25, 0.3) is 110 Å². The lowest BCUT2D eigenvalue weighted by Crippen LogP contribution is -1.94. The Morgan fingerprint density at radius 1 is 0.138 bits per heavy atom. The van der Waals surface area contributed by atoms with Crippen LogP contribution in [0, 0.1) is 0 Å². The second-order valence-electron chi connectivity index (χ2n) is 15.2. The minimum absolute atomic E-state index is 1.20. The minimum atomic E-state index is 1.20. The van der Waals surface area contributed by atoms with Crippen LogP contribution in [0.3, 0.4) is 0 Å². The average molecular weight is 735 g/mol. The lowest BCUT2D eigenvalue weighted by atomic mass is 9.82. The molecule has 0 spiro atoms. The Labute approximate surface area is 339 Å². The van der Waals surface area contributed by atoms with E-state index in [9.17, 15) is 0 Å². The summed E-state index contributed by atoms with van der Waals surface area (Å²) >= 11 is 0. The molecule has 0 atom stereocenters. The molecule has 11 aromatic carbocycles. The summed E-state index contributed by atoms with van der Waals surface area (Å²) in [6.45, 7) is 0. The lowest BCUT2D eigenvalue weighted by Gasteiger charge is -2.21. The van der Waals surface area contributed by atoms with E-state index in [0.717, 1.165) is 0 Å². The standard InChI is InChI=1S/C58H38/c1-3-17-39(18-4-1)43-21-15-23-45(37-43)57-53-31-13-9-27-49(53)47-25-7-11-29-51(47)55(57)41-33-35-42(36-34-41)56-52-30-12-8-26-48(52)50-28-10-14-32-54(50)58(56)46-24-16-22-44(38-46)40-19-5-2-6-20-40/h1-38H. The first-order chi connectivity index (χ1) is 28.8. The van der Waals surface area contributed by atoms with Crippen molar-refractivity contribution >= 4 is 43.1 Å². The van der Waals surface area contributed by atoms with Crippen molar-refractivity contribution in [1.82, 2.24) is 0 Å². The van der Waals surface area contributed by atoms with E-state index < -0.39 is 0 Å². The van der Waals surface area contributed by atoms with Crippen molar-refractivity contribution in [2.24, 2.45) is 0 Å². The summed E-state index contributed by atoms with van der Waals surface area (Å²) in [4.78, 5) is 0. The molecule has 11 rings (SSSR count). The van der Waals surface area contributed by atoms with Crippen molar-refractivity contribution in [1.29, 1.82) is 0 Å². The maximum atomic E-state index is 2.36. The van der Waals surface area contributed by atoms with Crippen molar-refractivity contribution < 1.29 is 0 Å². The average Bonchev–Trinajstić information content (AvgIpc) is 3.31. The highest BCUT2D eigenvalue weighted by Crippen LogP contribution is 2.48. The largest absolute Gasteiger partial charge is 0.0622 e. The van der Waals surface area contributed by atoms with Crippen LogP contribution < -0.4 is 0 Å². The first kappa shape index (κ1) is 33.8. The molecule has 0 heteroatoms. The number of rotatable bonds is 6. The Morgan fingerprint density at radius 2 is 0.379 bits per heavy atom. The van der Waals surface area contributed by atoms with E-state index in [0.29, 0.717) is 0 Å². The van der Waals surface area contributed by atoms with Crippen LogP contribution in [0.1, 0.15) is 0 Å². The summed E-state index contributed by atoms with van der Waals surface area (Å²) in [7, 11) is 0. The summed E-state index contributed by atoms with van der Waals surface area (Å²) in [5, 5.41) is 10.1. The number of fused-ring (bicyclic) bond motifs is 6. The van der Waals surface area contributed by atoms with Crippen LogP contribution in [0.5, 0.6) is 0 Å². The molecule has 0 N–H and O–H groups in total. The Bertz CT molecular complexity index is 3080. The SMILES string of the molecule is c1ccc(-c2cccc(-c3c(-c4ccc(-c5c(-c6cccc(-c7ccccc7)c6)c6ccccc6c6ccccc56)cc4)c4ccccc4c4ccccc34)c2)cc1. The topological polar surface area (TPSA) is 0 Å². The third-order valence-electron chi connectivity index (χ3n) is 11.8. The van der Waals surface area contributed by atoms with Crippen LogP contribution in [0.2, 0.25) is 0 Å². The molecule has 0 saturated carbocycles. The fourth-order valence-electron chi connectivity index (χ4n) is 9.26. The fraction of sp³-hybridized carbons (Fsp3) is 0. The van der Waals surface area contributed by atoms with Crippen LogP contribution in [0.15, 0.2) is 231 Å². The maximum Gasteiger partial charge on any atom is -0.00201 e. The van der Waals surface area contributed by atoms with Gasteiger partial charge in [-0.15, -0.1) is 0 Å². The first-order valence-corrected chi connectivity index (χ1v) is 20.1. The molecule has 0 aliphatic carbocycles. The highest BCUT2D eigenvalue weighted by Gasteiger charge is 2.21. The normalized spacial score (nSPS) is 11.4. The van der Waals surface area contributed by atoms with Gasteiger partial charge in [-0.1, -0.05) is 218 Å². The van der Waals surface area contributed by atoms with Crippen LogP contribution >= 0.6 is 0 Å². The van der Waals surface area contributed by atoms with E-state index in [1.54, 1.807) is 0 Å². The van der Waals surface area contributed by atoms with Gasteiger partial charge in [0.1, 0.15) is 0 Å². The third kappa shape index (κ3) is 5.69. The van der Waals surface area contributed by atoms with Crippen molar-refractivity contribution in [3.05, 3.63) is 231 Å². The van der Waals surface area contributed by atoms with Gasteiger partial charge >= 0.3 is 0 Å². The minimum Gasteiger partial charge on any atom is -0.0622 e. The van der Waals surface area contributed by atoms with Gasteiger partial charge in [0.15, 0.2) is 0 Å². The van der Waals surface area contributed by atoms with E-state index >= 15 is 0 Å². The van der Waals surface area contributed by atoms with Crippen LogP contribution in [-0.4, -0.2) is 0 Å². The van der Waals surface area contributed by atoms with E-state index in [-0.39, 0.29) is 0 Å². The lowest BCUT2D eigenvalue weighted by molar-refractivity contribution is 1.59. The smallest absolute Gasteiger partial charge is 0.00201 e. The monoisotopic (exact) mass is 734 g/mol. The van der Waals surface area contributed by atoms with Crippen LogP contribution in [-0.2, 0) is 0 Å². The van der Waals surface area contributed by atoms with E-state index in [2.05, 4.69) is 231 Å².